The minimum Gasteiger partial charge on any atom is -0.496 e. The van der Waals surface area contributed by atoms with Gasteiger partial charge in [-0.25, -0.2) is 4.79 Å². The number of hydrogen-bond acceptors (Lipinski definition) is 6. The van der Waals surface area contributed by atoms with Crippen molar-refractivity contribution in [1.82, 2.24) is 10.2 Å². The van der Waals surface area contributed by atoms with Gasteiger partial charge in [0.25, 0.3) is 5.91 Å². The standard InChI is InChI=1S/C17H24ClN3O5/c1-4-26-17(23)21-6-5-13(15(9-21)25-3)20-16(22)10-7-12(19)11(18)8-14(10)24-2/h7-8,13,15H,4-6,9,19H2,1-3H3,(H,20,22). The van der Waals surface area contributed by atoms with Crippen LogP contribution >= 0.6 is 11.6 Å². The van der Waals surface area contributed by atoms with Gasteiger partial charge in [-0.05, 0) is 19.4 Å². The largest absolute Gasteiger partial charge is 0.496 e. The van der Waals surface area contributed by atoms with E-state index in [9.17, 15) is 9.59 Å². The van der Waals surface area contributed by atoms with Crippen molar-refractivity contribution in [3.63, 3.8) is 0 Å². The van der Waals surface area contributed by atoms with Gasteiger partial charge in [0.1, 0.15) is 5.75 Å². The van der Waals surface area contributed by atoms with Crippen LogP contribution in [-0.2, 0) is 9.47 Å². The van der Waals surface area contributed by atoms with E-state index < -0.39 is 0 Å². The number of rotatable bonds is 5. The summed E-state index contributed by atoms with van der Waals surface area (Å²) >= 11 is 5.97. The van der Waals surface area contributed by atoms with Gasteiger partial charge in [0.2, 0.25) is 0 Å². The number of piperidine rings is 1. The lowest BCUT2D eigenvalue weighted by Crippen LogP contribution is -2.56. The van der Waals surface area contributed by atoms with E-state index in [1.165, 1.54) is 19.2 Å². The number of hydrogen-bond donors (Lipinski definition) is 2. The molecule has 2 unspecified atom stereocenters. The number of anilines is 1. The lowest BCUT2D eigenvalue weighted by Gasteiger charge is -2.37. The molecule has 9 heteroatoms. The normalized spacial score (nSPS) is 19.8. The smallest absolute Gasteiger partial charge is 0.409 e. The third-order valence-corrected chi connectivity index (χ3v) is 4.60. The second-order valence-electron chi connectivity index (χ2n) is 5.86. The Morgan fingerprint density at radius 2 is 2.12 bits per heavy atom. The average molecular weight is 386 g/mol. The molecule has 2 atom stereocenters. The molecule has 2 amide bonds. The highest BCUT2D eigenvalue weighted by molar-refractivity contribution is 6.33. The van der Waals surface area contributed by atoms with Crippen LogP contribution < -0.4 is 15.8 Å². The number of nitrogens with two attached hydrogens (primary N) is 1. The lowest BCUT2D eigenvalue weighted by atomic mass is 10.0. The van der Waals surface area contributed by atoms with E-state index in [-0.39, 0.29) is 35.4 Å². The van der Waals surface area contributed by atoms with Crippen molar-refractivity contribution in [1.29, 1.82) is 0 Å². The summed E-state index contributed by atoms with van der Waals surface area (Å²) in [6.07, 6.45) is -0.201. The molecule has 0 radical (unpaired) electrons. The number of nitrogen functional groups attached to an aromatic ring is 1. The molecule has 8 nitrogen and oxygen atoms in total. The number of amides is 2. The Balaban J connectivity index is 2.09. The molecule has 0 aliphatic carbocycles. The van der Waals surface area contributed by atoms with E-state index in [2.05, 4.69) is 5.32 Å². The first-order valence-corrected chi connectivity index (χ1v) is 8.67. The molecule has 2 rings (SSSR count). The Kier molecular flexibility index (Phi) is 6.93. The fraction of sp³-hybridized carbons (Fsp3) is 0.529. The van der Waals surface area contributed by atoms with E-state index in [0.29, 0.717) is 36.9 Å². The number of nitrogens with one attached hydrogen (secondary N) is 1. The van der Waals surface area contributed by atoms with Crippen molar-refractivity contribution < 1.29 is 23.8 Å². The molecule has 0 bridgehead atoms. The van der Waals surface area contributed by atoms with Crippen molar-refractivity contribution >= 4 is 29.3 Å². The van der Waals surface area contributed by atoms with Gasteiger partial charge in [-0.3, -0.25) is 4.79 Å². The summed E-state index contributed by atoms with van der Waals surface area (Å²) in [5.74, 6) is -0.0125. The van der Waals surface area contributed by atoms with Gasteiger partial charge in [-0.15, -0.1) is 0 Å². The molecule has 1 aromatic carbocycles. The fourth-order valence-electron chi connectivity index (χ4n) is 2.87. The molecule has 1 aliphatic heterocycles. The van der Waals surface area contributed by atoms with Crippen LogP contribution in [0.4, 0.5) is 10.5 Å². The summed E-state index contributed by atoms with van der Waals surface area (Å²) in [7, 11) is 2.99. The van der Waals surface area contributed by atoms with Crippen molar-refractivity contribution in [3.8, 4) is 5.75 Å². The summed E-state index contributed by atoms with van der Waals surface area (Å²) < 4.78 is 15.7. The fourth-order valence-corrected chi connectivity index (χ4v) is 3.02. The Bertz CT molecular complexity index is 670. The van der Waals surface area contributed by atoms with Gasteiger partial charge >= 0.3 is 6.09 Å². The molecule has 3 N–H and O–H groups in total. The van der Waals surface area contributed by atoms with Crippen LogP contribution in [0.3, 0.4) is 0 Å². The van der Waals surface area contributed by atoms with E-state index in [4.69, 9.17) is 31.5 Å². The number of ether oxygens (including phenoxy) is 3. The predicted molar refractivity (Wildman–Crippen MR) is 97.7 cm³/mol. The monoisotopic (exact) mass is 385 g/mol. The maximum absolute atomic E-state index is 12.7. The van der Waals surface area contributed by atoms with Crippen molar-refractivity contribution in [3.05, 3.63) is 22.7 Å². The highest BCUT2D eigenvalue weighted by atomic mass is 35.5. The molecular weight excluding hydrogens is 362 g/mol. The first-order chi connectivity index (χ1) is 12.4. The molecular formula is C17H24ClN3O5. The number of benzene rings is 1. The highest BCUT2D eigenvalue weighted by Crippen LogP contribution is 2.29. The summed E-state index contributed by atoms with van der Waals surface area (Å²) in [5, 5.41) is 3.24. The third-order valence-electron chi connectivity index (χ3n) is 4.27. The van der Waals surface area contributed by atoms with Crippen LogP contribution in [0, 0.1) is 0 Å². The summed E-state index contributed by atoms with van der Waals surface area (Å²) in [6, 6.07) is 2.72. The van der Waals surface area contributed by atoms with Crippen LogP contribution in [0.1, 0.15) is 23.7 Å². The van der Waals surface area contributed by atoms with Crippen molar-refractivity contribution in [2.75, 3.05) is 39.6 Å². The zero-order valence-electron chi connectivity index (χ0n) is 15.1. The molecule has 26 heavy (non-hydrogen) atoms. The van der Waals surface area contributed by atoms with E-state index >= 15 is 0 Å². The molecule has 144 valence electrons. The third kappa shape index (κ3) is 4.50. The number of carbonyl (C=O) groups excluding carboxylic acids is 2. The summed E-state index contributed by atoms with van der Waals surface area (Å²) in [5.41, 5.74) is 6.38. The highest BCUT2D eigenvalue weighted by Gasteiger charge is 2.33. The van der Waals surface area contributed by atoms with Crippen LogP contribution in [0.5, 0.6) is 5.75 Å². The molecule has 1 aliphatic rings. The Hall–Kier alpha value is -2.19. The lowest BCUT2D eigenvalue weighted by molar-refractivity contribution is 0.00453. The predicted octanol–water partition coefficient (Wildman–Crippen LogP) is 1.91. The van der Waals surface area contributed by atoms with E-state index in [1.54, 1.807) is 18.9 Å². The molecule has 0 spiro atoms. The zero-order valence-corrected chi connectivity index (χ0v) is 15.8. The van der Waals surface area contributed by atoms with Gasteiger partial charge in [0.15, 0.2) is 0 Å². The summed E-state index contributed by atoms with van der Waals surface area (Å²) in [6.45, 7) is 2.86. The van der Waals surface area contributed by atoms with Gasteiger partial charge in [0, 0.05) is 19.7 Å². The van der Waals surface area contributed by atoms with Gasteiger partial charge < -0.3 is 30.2 Å². The second kappa shape index (κ2) is 8.95. The van der Waals surface area contributed by atoms with Gasteiger partial charge in [-0.1, -0.05) is 11.6 Å². The van der Waals surface area contributed by atoms with Crippen LogP contribution in [0.25, 0.3) is 0 Å². The maximum Gasteiger partial charge on any atom is 0.409 e. The van der Waals surface area contributed by atoms with Crippen molar-refractivity contribution in [2.24, 2.45) is 0 Å². The molecule has 1 heterocycles. The average Bonchev–Trinajstić information content (AvgIpc) is 2.63. The first kappa shape index (κ1) is 20.1. The number of nitrogens with zero attached hydrogens (tertiary/aromatic N) is 1. The van der Waals surface area contributed by atoms with E-state index in [0.717, 1.165) is 0 Å². The molecule has 0 saturated carbocycles. The van der Waals surface area contributed by atoms with Gasteiger partial charge in [-0.2, -0.15) is 0 Å². The Morgan fingerprint density at radius 3 is 2.73 bits per heavy atom. The maximum atomic E-state index is 12.7. The minimum absolute atomic E-state index is 0.264. The second-order valence-corrected chi connectivity index (χ2v) is 6.27. The number of likely N-dealkylation sites (tertiary alicyclic amines) is 1. The topological polar surface area (TPSA) is 103 Å². The van der Waals surface area contributed by atoms with Crippen LogP contribution in [-0.4, -0.2) is 63.0 Å². The molecule has 1 fully saturated rings. The van der Waals surface area contributed by atoms with Crippen LogP contribution in [0.15, 0.2) is 12.1 Å². The minimum atomic E-state index is -0.383. The molecule has 0 aromatic heterocycles. The SMILES string of the molecule is CCOC(=O)N1CCC(NC(=O)c2cc(N)c(Cl)cc2OC)C(OC)C1. The molecule has 1 saturated heterocycles. The quantitative estimate of drug-likeness (QED) is 0.750. The zero-order chi connectivity index (χ0) is 19.3. The van der Waals surface area contributed by atoms with E-state index in [1.807, 2.05) is 0 Å². The number of methoxy groups -OCH3 is 2. The number of carbonyl (C=O) groups is 2. The van der Waals surface area contributed by atoms with Gasteiger partial charge in [0.05, 0.1) is 48.7 Å². The first-order valence-electron chi connectivity index (χ1n) is 8.29. The Labute approximate surface area is 157 Å². The van der Waals surface area contributed by atoms with Crippen molar-refractivity contribution in [2.45, 2.75) is 25.5 Å². The van der Waals surface area contributed by atoms with Crippen LogP contribution in [0.2, 0.25) is 5.02 Å². The molecule has 1 aromatic rings. The number of halogens is 1. The summed E-state index contributed by atoms with van der Waals surface area (Å²) in [4.78, 5) is 26.1. The Morgan fingerprint density at radius 1 is 1.38 bits per heavy atom.